The molecule has 2 aromatic rings. The minimum Gasteiger partial charge on any atom is -0.348 e. The van der Waals surface area contributed by atoms with Gasteiger partial charge in [0, 0.05) is 11.6 Å². The zero-order chi connectivity index (χ0) is 17.1. The molecule has 1 aliphatic heterocycles. The first-order chi connectivity index (χ1) is 11.6. The van der Waals surface area contributed by atoms with Crippen LogP contribution in [0.2, 0.25) is 5.02 Å². The molecule has 1 aliphatic rings. The summed E-state index contributed by atoms with van der Waals surface area (Å²) in [6.45, 7) is 2.56. The van der Waals surface area contributed by atoms with E-state index < -0.39 is 6.04 Å². The summed E-state index contributed by atoms with van der Waals surface area (Å²) < 4.78 is 0. The lowest BCUT2D eigenvalue weighted by Gasteiger charge is -2.25. The number of thiophene rings is 1. The molecule has 0 bridgehead atoms. The van der Waals surface area contributed by atoms with Gasteiger partial charge in [0.2, 0.25) is 5.91 Å². The number of nitrogens with zero attached hydrogens (tertiary/aromatic N) is 1. The number of benzene rings is 1. The van der Waals surface area contributed by atoms with E-state index in [2.05, 4.69) is 5.32 Å². The first-order valence-corrected chi connectivity index (χ1v) is 9.22. The van der Waals surface area contributed by atoms with Crippen molar-refractivity contribution in [3.05, 3.63) is 57.2 Å². The number of carbonyl (C=O) groups is 2. The molecule has 0 spiro atoms. The Bertz CT molecular complexity index is 715. The molecule has 1 saturated heterocycles. The summed E-state index contributed by atoms with van der Waals surface area (Å²) in [4.78, 5) is 27.6. The summed E-state index contributed by atoms with van der Waals surface area (Å²) in [7, 11) is 0. The smallest absolute Gasteiger partial charge is 0.264 e. The van der Waals surface area contributed by atoms with Crippen LogP contribution >= 0.6 is 22.9 Å². The third-order valence-corrected chi connectivity index (χ3v) is 5.39. The zero-order valence-corrected chi connectivity index (χ0v) is 14.9. The van der Waals surface area contributed by atoms with Gasteiger partial charge in [0.1, 0.15) is 6.04 Å². The van der Waals surface area contributed by atoms with Crippen LogP contribution in [0.5, 0.6) is 0 Å². The lowest BCUT2D eigenvalue weighted by atomic mass is 10.1. The van der Waals surface area contributed by atoms with E-state index in [1.165, 1.54) is 11.3 Å². The van der Waals surface area contributed by atoms with Crippen molar-refractivity contribution in [2.45, 2.75) is 31.8 Å². The fourth-order valence-corrected chi connectivity index (χ4v) is 3.77. The summed E-state index contributed by atoms with van der Waals surface area (Å²) in [6, 6.07) is 10.5. The van der Waals surface area contributed by atoms with Gasteiger partial charge in [-0.3, -0.25) is 9.59 Å². The molecule has 1 unspecified atom stereocenters. The molecule has 0 saturated carbocycles. The van der Waals surface area contributed by atoms with Gasteiger partial charge >= 0.3 is 0 Å². The van der Waals surface area contributed by atoms with Gasteiger partial charge in [0.15, 0.2) is 0 Å². The third kappa shape index (κ3) is 3.62. The molecule has 126 valence electrons. The average Bonchev–Trinajstić information content (AvgIpc) is 3.26. The molecule has 1 aromatic heterocycles. The van der Waals surface area contributed by atoms with E-state index in [1.54, 1.807) is 11.0 Å². The highest BCUT2D eigenvalue weighted by molar-refractivity contribution is 7.12. The van der Waals surface area contributed by atoms with E-state index >= 15 is 0 Å². The van der Waals surface area contributed by atoms with Gasteiger partial charge in [0.25, 0.3) is 5.91 Å². The van der Waals surface area contributed by atoms with Crippen molar-refractivity contribution in [3.63, 3.8) is 0 Å². The van der Waals surface area contributed by atoms with E-state index in [-0.39, 0.29) is 17.9 Å². The van der Waals surface area contributed by atoms with E-state index in [0.29, 0.717) is 22.9 Å². The second-order valence-electron chi connectivity index (χ2n) is 5.92. The number of hydrogen-bond donors (Lipinski definition) is 1. The zero-order valence-electron chi connectivity index (χ0n) is 13.4. The van der Waals surface area contributed by atoms with E-state index in [1.807, 2.05) is 42.6 Å². The highest BCUT2D eigenvalue weighted by atomic mass is 35.5. The van der Waals surface area contributed by atoms with Crippen molar-refractivity contribution in [1.29, 1.82) is 0 Å². The van der Waals surface area contributed by atoms with E-state index in [0.717, 1.165) is 12.0 Å². The Balaban J connectivity index is 1.67. The standard InChI is InChI=1S/C18H19ClN2O2S/c1-12(13-6-8-14(19)9-7-13)20-17(22)15-4-2-10-21(15)18(23)16-5-3-11-24-16/h3,5-9,11-12,15H,2,4,10H2,1H3,(H,20,22)/t12?,15-/m0/s1. The fourth-order valence-electron chi connectivity index (χ4n) is 2.97. The predicted molar refractivity (Wildman–Crippen MR) is 96.4 cm³/mol. The van der Waals surface area contributed by atoms with Crippen molar-refractivity contribution in [3.8, 4) is 0 Å². The Kier molecular flexibility index (Phi) is 5.21. The maximum Gasteiger partial charge on any atom is 0.264 e. The number of carbonyl (C=O) groups excluding carboxylic acids is 2. The van der Waals surface area contributed by atoms with Crippen LogP contribution in [-0.2, 0) is 4.79 Å². The van der Waals surface area contributed by atoms with Crippen LogP contribution in [0, 0.1) is 0 Å². The number of amides is 2. The Hall–Kier alpha value is -1.85. The fraction of sp³-hybridized carbons (Fsp3) is 0.333. The van der Waals surface area contributed by atoms with Gasteiger partial charge in [-0.1, -0.05) is 29.8 Å². The maximum absolute atomic E-state index is 12.7. The predicted octanol–water partition coefficient (Wildman–Crippen LogP) is 3.88. The molecule has 1 aromatic carbocycles. The van der Waals surface area contributed by atoms with Crippen molar-refractivity contribution < 1.29 is 9.59 Å². The van der Waals surface area contributed by atoms with Crippen molar-refractivity contribution >= 4 is 34.8 Å². The SMILES string of the molecule is CC(NC(=O)[C@@H]1CCCN1C(=O)c1cccs1)c1ccc(Cl)cc1. The molecule has 0 aliphatic carbocycles. The Morgan fingerprint density at radius 3 is 2.71 bits per heavy atom. The van der Waals surface area contributed by atoms with Crippen LogP contribution in [0.4, 0.5) is 0 Å². The van der Waals surface area contributed by atoms with Gasteiger partial charge in [-0.05, 0) is 48.9 Å². The van der Waals surface area contributed by atoms with Crippen LogP contribution in [0.15, 0.2) is 41.8 Å². The number of likely N-dealkylation sites (tertiary alicyclic amines) is 1. The van der Waals surface area contributed by atoms with Gasteiger partial charge in [0.05, 0.1) is 10.9 Å². The van der Waals surface area contributed by atoms with Crippen LogP contribution < -0.4 is 5.32 Å². The summed E-state index contributed by atoms with van der Waals surface area (Å²) in [5.74, 6) is -0.151. The van der Waals surface area contributed by atoms with E-state index in [9.17, 15) is 9.59 Å². The molecule has 2 atom stereocenters. The minimum absolute atomic E-state index is 0.0539. The molecule has 0 radical (unpaired) electrons. The van der Waals surface area contributed by atoms with E-state index in [4.69, 9.17) is 11.6 Å². The van der Waals surface area contributed by atoms with Crippen LogP contribution in [0.1, 0.15) is 41.0 Å². The van der Waals surface area contributed by atoms with Crippen LogP contribution in [0.25, 0.3) is 0 Å². The number of rotatable bonds is 4. The van der Waals surface area contributed by atoms with Gasteiger partial charge < -0.3 is 10.2 Å². The Labute approximate surface area is 150 Å². The number of hydrogen-bond acceptors (Lipinski definition) is 3. The minimum atomic E-state index is -0.394. The number of halogens is 1. The van der Waals surface area contributed by atoms with Gasteiger partial charge in [-0.25, -0.2) is 0 Å². The first kappa shape index (κ1) is 17.0. The lowest BCUT2D eigenvalue weighted by Crippen LogP contribution is -2.46. The Morgan fingerprint density at radius 1 is 1.29 bits per heavy atom. The summed E-state index contributed by atoms with van der Waals surface area (Å²) >= 11 is 7.31. The average molecular weight is 363 g/mol. The molecule has 1 fully saturated rings. The normalized spacial score (nSPS) is 18.4. The molecule has 1 N–H and O–H groups in total. The molecule has 24 heavy (non-hydrogen) atoms. The number of nitrogens with one attached hydrogen (secondary N) is 1. The Morgan fingerprint density at radius 2 is 2.04 bits per heavy atom. The highest BCUT2D eigenvalue weighted by Crippen LogP contribution is 2.23. The second kappa shape index (κ2) is 7.36. The topological polar surface area (TPSA) is 49.4 Å². The van der Waals surface area contributed by atoms with Crippen molar-refractivity contribution in [1.82, 2.24) is 10.2 Å². The monoisotopic (exact) mass is 362 g/mol. The summed E-state index contributed by atoms with van der Waals surface area (Å²) in [6.07, 6.45) is 1.56. The maximum atomic E-state index is 12.7. The van der Waals surface area contributed by atoms with Gasteiger partial charge in [-0.2, -0.15) is 0 Å². The largest absolute Gasteiger partial charge is 0.348 e. The summed E-state index contributed by atoms with van der Waals surface area (Å²) in [5.41, 5.74) is 0.988. The molecular formula is C18H19ClN2O2S. The molecule has 4 nitrogen and oxygen atoms in total. The van der Waals surface area contributed by atoms with Crippen molar-refractivity contribution in [2.24, 2.45) is 0 Å². The van der Waals surface area contributed by atoms with Crippen LogP contribution in [0.3, 0.4) is 0 Å². The lowest BCUT2D eigenvalue weighted by molar-refractivity contribution is -0.125. The molecular weight excluding hydrogens is 344 g/mol. The molecule has 2 amide bonds. The van der Waals surface area contributed by atoms with Gasteiger partial charge in [-0.15, -0.1) is 11.3 Å². The molecule has 2 heterocycles. The second-order valence-corrected chi connectivity index (χ2v) is 7.30. The molecule has 6 heteroatoms. The summed E-state index contributed by atoms with van der Waals surface area (Å²) in [5, 5.41) is 5.56. The van der Waals surface area contributed by atoms with Crippen LogP contribution in [-0.4, -0.2) is 29.3 Å². The third-order valence-electron chi connectivity index (χ3n) is 4.28. The quantitative estimate of drug-likeness (QED) is 0.897. The highest BCUT2D eigenvalue weighted by Gasteiger charge is 2.35. The molecule has 3 rings (SSSR count). The first-order valence-electron chi connectivity index (χ1n) is 7.96. The van der Waals surface area contributed by atoms with Crippen molar-refractivity contribution in [2.75, 3.05) is 6.54 Å².